The summed E-state index contributed by atoms with van der Waals surface area (Å²) in [6.07, 6.45) is 3.99. The maximum Gasteiger partial charge on any atom is 0.237 e. The van der Waals surface area contributed by atoms with Crippen molar-refractivity contribution in [3.05, 3.63) is 30.4 Å². The molecule has 9 heteroatoms. The summed E-state index contributed by atoms with van der Waals surface area (Å²) in [4.78, 5) is 22.7. The second-order valence-electron chi connectivity index (χ2n) is 9.21. The summed E-state index contributed by atoms with van der Waals surface area (Å²) in [5.41, 5.74) is 0.128. The molecule has 0 radical (unpaired) electrons. The van der Waals surface area contributed by atoms with E-state index in [4.69, 9.17) is 4.52 Å². The first-order valence-corrected chi connectivity index (χ1v) is 10.6. The highest BCUT2D eigenvalue weighted by molar-refractivity contribution is 5.79. The van der Waals surface area contributed by atoms with Crippen LogP contribution in [0.1, 0.15) is 45.9 Å². The van der Waals surface area contributed by atoms with Crippen LogP contribution in [0.5, 0.6) is 0 Å². The molecule has 1 saturated heterocycles. The molecule has 31 heavy (non-hydrogen) atoms. The van der Waals surface area contributed by atoms with E-state index in [0.29, 0.717) is 11.7 Å². The monoisotopic (exact) mass is 426 g/mol. The Balaban J connectivity index is 1.45. The van der Waals surface area contributed by atoms with Gasteiger partial charge in [0.2, 0.25) is 17.6 Å². The lowest BCUT2D eigenvalue weighted by atomic mass is 9.67. The highest BCUT2D eigenvalue weighted by Gasteiger charge is 2.55. The summed E-state index contributed by atoms with van der Waals surface area (Å²) in [6.45, 7) is 6.42. The lowest BCUT2D eigenvalue weighted by molar-refractivity contribution is -0.130. The van der Waals surface area contributed by atoms with Crippen LogP contribution in [0.25, 0.3) is 11.4 Å². The van der Waals surface area contributed by atoms with Crippen LogP contribution in [-0.2, 0) is 10.2 Å². The van der Waals surface area contributed by atoms with Gasteiger partial charge in [-0.3, -0.25) is 9.78 Å². The summed E-state index contributed by atoms with van der Waals surface area (Å²) < 4.78 is 19.3. The normalized spacial score (nSPS) is 29.8. The summed E-state index contributed by atoms with van der Waals surface area (Å²) in [7, 11) is 0. The number of pyridine rings is 1. The molecule has 3 heterocycles. The third kappa shape index (κ3) is 3.69. The van der Waals surface area contributed by atoms with Crippen LogP contribution in [0, 0.1) is 16.7 Å². The molecule has 4 atom stereocenters. The molecular formula is C22H27FN6O2. The Morgan fingerprint density at radius 3 is 2.97 bits per heavy atom. The quantitative estimate of drug-likeness (QED) is 0.783. The maximum absolute atomic E-state index is 13.7. The number of carbonyl (C=O) groups excluding carboxylic acids is 1. The largest absolute Gasteiger partial charge is 0.338 e. The van der Waals surface area contributed by atoms with Crippen molar-refractivity contribution in [3.63, 3.8) is 0 Å². The summed E-state index contributed by atoms with van der Waals surface area (Å²) in [5.74, 6) is 0.827. The minimum atomic E-state index is -1.13. The van der Waals surface area contributed by atoms with E-state index in [-0.39, 0.29) is 42.3 Å². The Morgan fingerprint density at radius 2 is 2.26 bits per heavy atom. The standard InChI is InChI=1S/C22H27FN6O2/c1-21(2)17(26-12-18(30)29-13-15(23)9-16(29)10-24)6-7-22(21,3)20-27-19(28-31-20)14-5-4-8-25-11-14/h4-5,8,11,15-17,26H,6-7,9,12-13H2,1-3H3/t15-,16-,17+,22+/m0/s1. The van der Waals surface area contributed by atoms with E-state index in [1.54, 1.807) is 12.4 Å². The van der Waals surface area contributed by atoms with Gasteiger partial charge in [0.05, 0.1) is 24.6 Å². The molecule has 1 aliphatic carbocycles. The number of aromatic nitrogens is 3. The number of carbonyl (C=O) groups is 1. The van der Waals surface area contributed by atoms with Crippen molar-refractivity contribution >= 4 is 5.91 Å². The van der Waals surface area contributed by atoms with Crippen molar-refractivity contribution in [2.24, 2.45) is 5.41 Å². The number of alkyl halides is 1. The molecule has 2 aliphatic rings. The molecule has 2 fully saturated rings. The number of amides is 1. The number of nitrogens with one attached hydrogen (secondary N) is 1. The van der Waals surface area contributed by atoms with Gasteiger partial charge in [0.25, 0.3) is 0 Å². The Bertz CT molecular complexity index is 987. The first-order chi connectivity index (χ1) is 14.8. The van der Waals surface area contributed by atoms with Crippen molar-refractivity contribution in [3.8, 4) is 17.5 Å². The Kier molecular flexibility index (Phi) is 5.52. The fraction of sp³-hybridized carbons (Fsp3) is 0.591. The average molecular weight is 426 g/mol. The predicted octanol–water partition coefficient (Wildman–Crippen LogP) is 2.63. The number of nitrogens with zero attached hydrogens (tertiary/aromatic N) is 5. The van der Waals surface area contributed by atoms with Crippen LogP contribution in [0.4, 0.5) is 4.39 Å². The minimum Gasteiger partial charge on any atom is -0.338 e. The second kappa shape index (κ2) is 8.00. The van der Waals surface area contributed by atoms with E-state index >= 15 is 0 Å². The number of hydrogen-bond donors (Lipinski definition) is 1. The summed E-state index contributed by atoms with van der Waals surface area (Å²) >= 11 is 0. The first-order valence-electron chi connectivity index (χ1n) is 10.6. The molecule has 1 N–H and O–H groups in total. The minimum absolute atomic E-state index is 0.0103. The van der Waals surface area contributed by atoms with Gasteiger partial charge in [-0.15, -0.1) is 0 Å². The van der Waals surface area contributed by atoms with Crippen LogP contribution < -0.4 is 5.32 Å². The Labute approximate surface area is 180 Å². The molecule has 0 unspecified atom stereocenters. The van der Waals surface area contributed by atoms with Crippen molar-refractivity contribution < 1.29 is 13.7 Å². The van der Waals surface area contributed by atoms with E-state index in [0.717, 1.165) is 18.4 Å². The van der Waals surface area contributed by atoms with Gasteiger partial charge in [-0.05, 0) is 30.4 Å². The zero-order chi connectivity index (χ0) is 22.2. The van der Waals surface area contributed by atoms with Crippen LogP contribution in [-0.4, -0.2) is 57.3 Å². The third-order valence-electron chi connectivity index (χ3n) is 7.26. The molecule has 2 aromatic rings. The van der Waals surface area contributed by atoms with Gasteiger partial charge in [-0.1, -0.05) is 25.9 Å². The second-order valence-corrected chi connectivity index (χ2v) is 9.21. The van der Waals surface area contributed by atoms with Crippen molar-refractivity contribution in [2.45, 2.75) is 63.7 Å². The summed E-state index contributed by atoms with van der Waals surface area (Å²) in [5, 5.41) is 16.7. The highest BCUT2D eigenvalue weighted by Crippen LogP contribution is 2.53. The number of halogens is 1. The third-order valence-corrected chi connectivity index (χ3v) is 7.26. The van der Waals surface area contributed by atoms with Crippen LogP contribution >= 0.6 is 0 Å². The highest BCUT2D eigenvalue weighted by atomic mass is 19.1. The smallest absolute Gasteiger partial charge is 0.237 e. The molecule has 1 aliphatic heterocycles. The topological polar surface area (TPSA) is 108 Å². The van der Waals surface area contributed by atoms with E-state index in [9.17, 15) is 14.4 Å². The Hall–Kier alpha value is -2.86. The molecule has 0 spiro atoms. The number of hydrogen-bond acceptors (Lipinski definition) is 7. The number of likely N-dealkylation sites (tertiary alicyclic amines) is 1. The maximum atomic E-state index is 13.7. The first kappa shape index (κ1) is 21.4. The van der Waals surface area contributed by atoms with E-state index in [2.05, 4.69) is 41.2 Å². The van der Waals surface area contributed by atoms with Crippen LogP contribution in [0.15, 0.2) is 29.0 Å². The SMILES string of the molecule is CC1(C)[C@H](NCC(=O)N2C[C@@H](F)C[C@H]2C#N)CC[C@]1(C)c1nc(-c2cccnc2)no1. The lowest BCUT2D eigenvalue weighted by Crippen LogP contribution is -2.50. The zero-order valence-electron chi connectivity index (χ0n) is 18.0. The fourth-order valence-corrected chi connectivity index (χ4v) is 4.79. The van der Waals surface area contributed by atoms with Gasteiger partial charge >= 0.3 is 0 Å². The van der Waals surface area contributed by atoms with Crippen molar-refractivity contribution in [1.29, 1.82) is 5.26 Å². The van der Waals surface area contributed by atoms with Crippen molar-refractivity contribution in [1.82, 2.24) is 25.3 Å². The molecular weight excluding hydrogens is 399 g/mol. The number of nitriles is 1. The van der Waals surface area contributed by atoms with E-state index in [1.165, 1.54) is 4.90 Å². The van der Waals surface area contributed by atoms with Gasteiger partial charge in [0.1, 0.15) is 12.2 Å². The van der Waals surface area contributed by atoms with Crippen LogP contribution in [0.3, 0.4) is 0 Å². The van der Waals surface area contributed by atoms with Gasteiger partial charge in [-0.25, -0.2) is 4.39 Å². The van der Waals surface area contributed by atoms with Gasteiger partial charge in [0.15, 0.2) is 0 Å². The fourth-order valence-electron chi connectivity index (χ4n) is 4.79. The zero-order valence-corrected chi connectivity index (χ0v) is 18.0. The average Bonchev–Trinajstić information content (AvgIpc) is 3.45. The predicted molar refractivity (Wildman–Crippen MR) is 110 cm³/mol. The number of rotatable bonds is 5. The van der Waals surface area contributed by atoms with Gasteiger partial charge in [-0.2, -0.15) is 10.2 Å². The molecule has 8 nitrogen and oxygen atoms in total. The molecule has 0 aromatic carbocycles. The lowest BCUT2D eigenvalue weighted by Gasteiger charge is -2.39. The Morgan fingerprint density at radius 1 is 1.45 bits per heavy atom. The molecule has 4 rings (SSSR count). The van der Waals surface area contributed by atoms with Crippen molar-refractivity contribution in [2.75, 3.05) is 13.1 Å². The molecule has 2 aromatic heterocycles. The van der Waals surface area contributed by atoms with Gasteiger partial charge < -0.3 is 14.7 Å². The van der Waals surface area contributed by atoms with Gasteiger partial charge in [0, 0.05) is 30.4 Å². The molecule has 164 valence electrons. The van der Waals surface area contributed by atoms with Crippen LogP contribution in [0.2, 0.25) is 0 Å². The molecule has 1 amide bonds. The molecule has 1 saturated carbocycles. The van der Waals surface area contributed by atoms with E-state index in [1.807, 2.05) is 18.2 Å². The molecule has 0 bridgehead atoms. The summed E-state index contributed by atoms with van der Waals surface area (Å²) in [6, 6.07) is 5.08. The van der Waals surface area contributed by atoms with E-state index < -0.39 is 12.2 Å².